The lowest BCUT2D eigenvalue weighted by Gasteiger charge is -2.34. The molecule has 2 heterocycles. The fourth-order valence-corrected chi connectivity index (χ4v) is 6.80. The Hall–Kier alpha value is -2.83. The maximum Gasteiger partial charge on any atom is 0.267 e. The van der Waals surface area contributed by atoms with Crippen molar-refractivity contribution in [1.29, 1.82) is 0 Å². The molecule has 1 aromatic heterocycles. The summed E-state index contributed by atoms with van der Waals surface area (Å²) in [6, 6.07) is 10.00. The third kappa shape index (κ3) is 7.38. The van der Waals surface area contributed by atoms with Gasteiger partial charge in [-0.15, -0.1) is 0 Å². The second-order valence-corrected chi connectivity index (χ2v) is 13.3. The van der Waals surface area contributed by atoms with Gasteiger partial charge in [0.15, 0.2) is 10.7 Å². The highest BCUT2D eigenvalue weighted by atomic mass is 35.5. The molecule has 0 saturated carbocycles. The van der Waals surface area contributed by atoms with E-state index in [-0.39, 0.29) is 53.0 Å². The maximum absolute atomic E-state index is 13.5. The Balaban J connectivity index is 1.64. The van der Waals surface area contributed by atoms with Crippen LogP contribution in [0.1, 0.15) is 36.4 Å². The van der Waals surface area contributed by atoms with E-state index in [4.69, 9.17) is 32.5 Å². The Kier molecular flexibility index (Phi) is 10.1. The summed E-state index contributed by atoms with van der Waals surface area (Å²) in [6.45, 7) is 8.20. The molecule has 0 bridgehead atoms. The van der Waals surface area contributed by atoms with E-state index >= 15 is 0 Å². The lowest BCUT2D eigenvalue weighted by atomic mass is 10.0. The number of fused-ring (bicyclic) bond motifs is 1. The predicted molar refractivity (Wildman–Crippen MR) is 162 cm³/mol. The number of anilines is 1. The minimum Gasteiger partial charge on any atom is -0.488 e. The second-order valence-electron chi connectivity index (χ2n) is 10.9. The van der Waals surface area contributed by atoms with Gasteiger partial charge in [-0.3, -0.25) is 14.4 Å². The number of aromatic nitrogens is 1. The van der Waals surface area contributed by atoms with Crippen molar-refractivity contribution in [2.75, 3.05) is 31.5 Å². The first kappa shape index (κ1) is 32.1. The van der Waals surface area contributed by atoms with Crippen LogP contribution in [0.3, 0.4) is 0 Å². The summed E-state index contributed by atoms with van der Waals surface area (Å²) >= 11 is 12.3. The van der Waals surface area contributed by atoms with Crippen molar-refractivity contribution in [1.82, 2.24) is 15.0 Å². The molecule has 4 rings (SSSR count). The number of carbonyl (C=O) groups excluding carboxylic acids is 1. The molecular weight excluding hydrogens is 603 g/mol. The molecular formula is C29H36Cl2N4O6S. The van der Waals surface area contributed by atoms with Crippen molar-refractivity contribution < 1.29 is 27.6 Å². The quantitative estimate of drug-likeness (QED) is 0.346. The molecule has 3 aromatic rings. The molecule has 42 heavy (non-hydrogen) atoms. The number of halogens is 2. The maximum atomic E-state index is 13.5. The van der Waals surface area contributed by atoms with Gasteiger partial charge in [0.05, 0.1) is 29.1 Å². The molecule has 10 nitrogen and oxygen atoms in total. The molecule has 2 N–H and O–H groups in total. The van der Waals surface area contributed by atoms with E-state index in [0.717, 1.165) is 5.56 Å². The van der Waals surface area contributed by atoms with Gasteiger partial charge in [-0.1, -0.05) is 41.3 Å². The molecule has 228 valence electrons. The molecule has 3 atom stereocenters. The van der Waals surface area contributed by atoms with Crippen LogP contribution in [0.25, 0.3) is 0 Å². The summed E-state index contributed by atoms with van der Waals surface area (Å²) in [5, 5.41) is 14.6. The first-order chi connectivity index (χ1) is 19.8. The molecule has 0 unspecified atom stereocenters. The van der Waals surface area contributed by atoms with Gasteiger partial charge in [-0.25, -0.2) is 8.42 Å². The number of ether oxygens (including phenoxy) is 1. The number of aliphatic hydroxyl groups is 1. The summed E-state index contributed by atoms with van der Waals surface area (Å²) < 4.78 is 40.4. The van der Waals surface area contributed by atoms with Gasteiger partial charge in [0.1, 0.15) is 17.5 Å². The highest BCUT2D eigenvalue weighted by Crippen LogP contribution is 2.31. The fraction of sp³-hybridized carbons (Fsp3) is 0.448. The molecule has 1 aliphatic heterocycles. The third-order valence-electron chi connectivity index (χ3n) is 7.33. The SMILES string of the molecule is Cc1noc(C)c1S(=O)(=O)Nc1ccc2c(c1)CC(=O)N([C@H](C)CO)C[C@H](C)[C@H](CN(C)Cc1ccc(Cl)c(Cl)c1)O2. The number of nitrogens with zero attached hydrogens (tertiary/aromatic N) is 3. The Bertz CT molecular complexity index is 1530. The number of nitrogens with one attached hydrogen (secondary N) is 1. The van der Waals surface area contributed by atoms with Crippen LogP contribution in [0, 0.1) is 19.8 Å². The Morgan fingerprint density at radius 2 is 1.93 bits per heavy atom. The Labute approximate surface area is 256 Å². The number of aryl methyl sites for hydroxylation is 2. The van der Waals surface area contributed by atoms with E-state index in [9.17, 15) is 18.3 Å². The zero-order valence-electron chi connectivity index (χ0n) is 24.2. The van der Waals surface area contributed by atoms with E-state index in [2.05, 4.69) is 14.8 Å². The van der Waals surface area contributed by atoms with Crippen LogP contribution >= 0.6 is 23.2 Å². The van der Waals surface area contributed by atoms with Crippen molar-refractivity contribution >= 4 is 44.8 Å². The number of sulfonamides is 1. The van der Waals surface area contributed by atoms with Crippen molar-refractivity contribution in [3.05, 3.63) is 69.0 Å². The summed E-state index contributed by atoms with van der Waals surface area (Å²) in [4.78, 5) is 17.2. The van der Waals surface area contributed by atoms with Crippen LogP contribution in [0.15, 0.2) is 45.8 Å². The molecule has 1 aliphatic rings. The van der Waals surface area contributed by atoms with Crippen LogP contribution in [0.4, 0.5) is 5.69 Å². The number of hydrogen-bond acceptors (Lipinski definition) is 8. The largest absolute Gasteiger partial charge is 0.488 e. The van der Waals surface area contributed by atoms with E-state index in [1.54, 1.807) is 43.0 Å². The first-order valence-electron chi connectivity index (χ1n) is 13.6. The standard InChI is InChI=1S/C29H36Cl2N4O6S/c1-17-13-35(18(2)16-36)28(37)12-22-11-23(33-42(38,39)29-19(3)32-41-20(29)4)7-9-26(22)40-27(17)15-34(5)14-21-6-8-24(30)25(31)10-21/h6-11,17-18,27,33,36H,12-16H2,1-5H3/t17-,18+,27-/m0/s1. The van der Waals surface area contributed by atoms with Crippen molar-refractivity contribution in [2.45, 2.75) is 57.7 Å². The van der Waals surface area contributed by atoms with Gasteiger partial charge in [0, 0.05) is 36.8 Å². The lowest BCUT2D eigenvalue weighted by Crippen LogP contribution is -2.47. The third-order valence-corrected chi connectivity index (χ3v) is 9.70. The molecule has 0 aliphatic carbocycles. The summed E-state index contributed by atoms with van der Waals surface area (Å²) in [5.74, 6) is 0.380. The number of amides is 1. The zero-order valence-corrected chi connectivity index (χ0v) is 26.6. The highest BCUT2D eigenvalue weighted by Gasteiger charge is 2.32. The number of benzene rings is 2. The van der Waals surface area contributed by atoms with Crippen molar-refractivity contribution in [3.8, 4) is 5.75 Å². The van der Waals surface area contributed by atoms with Gasteiger partial charge < -0.3 is 19.3 Å². The molecule has 0 spiro atoms. The van der Waals surface area contributed by atoms with Gasteiger partial charge in [-0.05, 0) is 63.7 Å². The van der Waals surface area contributed by atoms with Gasteiger partial charge in [0.2, 0.25) is 5.91 Å². The fourth-order valence-electron chi connectivity index (χ4n) is 5.10. The first-order valence-corrected chi connectivity index (χ1v) is 15.8. The van der Waals surface area contributed by atoms with Crippen LogP contribution in [-0.4, -0.2) is 73.3 Å². The Morgan fingerprint density at radius 3 is 2.57 bits per heavy atom. The topological polar surface area (TPSA) is 125 Å². The van der Waals surface area contributed by atoms with E-state index in [0.29, 0.717) is 41.0 Å². The lowest BCUT2D eigenvalue weighted by molar-refractivity contribution is -0.134. The summed E-state index contributed by atoms with van der Waals surface area (Å²) in [6.07, 6.45) is -0.361. The number of likely N-dealkylation sites (N-methyl/N-ethyl adjacent to an activating group) is 1. The predicted octanol–water partition coefficient (Wildman–Crippen LogP) is 4.68. The van der Waals surface area contributed by atoms with Crippen LogP contribution in [-0.2, 0) is 27.8 Å². The number of hydrogen-bond donors (Lipinski definition) is 2. The molecule has 1 amide bonds. The van der Waals surface area contributed by atoms with E-state index in [1.807, 2.05) is 26.1 Å². The molecule has 13 heteroatoms. The van der Waals surface area contributed by atoms with Crippen molar-refractivity contribution in [3.63, 3.8) is 0 Å². The van der Waals surface area contributed by atoms with Crippen molar-refractivity contribution in [2.24, 2.45) is 5.92 Å². The molecule has 0 fully saturated rings. The van der Waals surface area contributed by atoms with E-state index in [1.165, 1.54) is 6.92 Å². The van der Waals surface area contributed by atoms with Crippen LogP contribution in [0.5, 0.6) is 5.75 Å². The number of rotatable bonds is 9. The molecule has 0 saturated heterocycles. The number of carbonyl (C=O) groups is 1. The average molecular weight is 640 g/mol. The Morgan fingerprint density at radius 1 is 1.19 bits per heavy atom. The smallest absolute Gasteiger partial charge is 0.267 e. The molecule has 0 radical (unpaired) electrons. The monoisotopic (exact) mass is 638 g/mol. The van der Waals surface area contributed by atoms with E-state index < -0.39 is 16.1 Å². The minimum atomic E-state index is -3.99. The van der Waals surface area contributed by atoms with Gasteiger partial charge in [-0.2, -0.15) is 0 Å². The summed E-state index contributed by atoms with van der Waals surface area (Å²) in [5.41, 5.74) is 2.04. The highest BCUT2D eigenvalue weighted by molar-refractivity contribution is 7.92. The molecule has 2 aromatic carbocycles. The second kappa shape index (κ2) is 13.2. The van der Waals surface area contributed by atoms with Gasteiger partial charge >= 0.3 is 0 Å². The number of aliphatic hydroxyl groups excluding tert-OH is 1. The average Bonchev–Trinajstić information content (AvgIpc) is 3.28. The minimum absolute atomic E-state index is 0.0276. The van der Waals surface area contributed by atoms with Crippen LogP contribution in [0.2, 0.25) is 10.0 Å². The van der Waals surface area contributed by atoms with Gasteiger partial charge in [0.25, 0.3) is 10.0 Å². The zero-order chi connectivity index (χ0) is 30.8. The summed E-state index contributed by atoms with van der Waals surface area (Å²) in [7, 11) is -2.02. The van der Waals surface area contributed by atoms with Crippen LogP contribution < -0.4 is 9.46 Å². The normalized spacial score (nSPS) is 18.6.